The van der Waals surface area contributed by atoms with Gasteiger partial charge in [0.15, 0.2) is 11.6 Å². The number of hydrogen-bond acceptors (Lipinski definition) is 3. The number of nitriles is 1. The van der Waals surface area contributed by atoms with Crippen LogP contribution < -0.4 is 4.90 Å². The summed E-state index contributed by atoms with van der Waals surface area (Å²) < 4.78 is 27.4. The first kappa shape index (κ1) is 15.9. The molecule has 0 N–H and O–H groups in total. The van der Waals surface area contributed by atoms with Gasteiger partial charge in [-0.25, -0.2) is 8.78 Å². The van der Waals surface area contributed by atoms with E-state index < -0.39 is 11.6 Å². The van der Waals surface area contributed by atoms with E-state index in [0.29, 0.717) is 13.1 Å². The second-order valence-electron chi connectivity index (χ2n) is 4.29. The van der Waals surface area contributed by atoms with Crippen molar-refractivity contribution in [2.75, 3.05) is 31.6 Å². The molecule has 0 spiro atoms. The zero-order valence-electron chi connectivity index (χ0n) is 11.8. The van der Waals surface area contributed by atoms with Gasteiger partial charge in [0.2, 0.25) is 5.91 Å². The molecule has 0 fully saturated rings. The Morgan fingerprint density at radius 3 is 2.35 bits per heavy atom. The van der Waals surface area contributed by atoms with E-state index in [1.54, 1.807) is 11.0 Å². The van der Waals surface area contributed by atoms with E-state index in [-0.39, 0.29) is 23.7 Å². The predicted molar refractivity (Wildman–Crippen MR) is 72.3 cm³/mol. The smallest absolute Gasteiger partial charge is 0.242 e. The lowest BCUT2D eigenvalue weighted by Crippen LogP contribution is -2.39. The zero-order chi connectivity index (χ0) is 15.3. The van der Waals surface area contributed by atoms with Gasteiger partial charge in [0, 0.05) is 20.1 Å². The van der Waals surface area contributed by atoms with Crippen LogP contribution in [0.25, 0.3) is 0 Å². The summed E-state index contributed by atoms with van der Waals surface area (Å²) in [6.07, 6.45) is 0. The summed E-state index contributed by atoms with van der Waals surface area (Å²) in [7, 11) is 1.51. The topological polar surface area (TPSA) is 47.3 Å². The fourth-order valence-corrected chi connectivity index (χ4v) is 1.88. The number of carbonyl (C=O) groups is 1. The first-order valence-corrected chi connectivity index (χ1v) is 6.33. The van der Waals surface area contributed by atoms with Crippen molar-refractivity contribution in [1.82, 2.24) is 4.90 Å². The Bertz CT molecular complexity index is 536. The number of likely N-dealkylation sites (N-methyl/N-ethyl adjacent to an activating group) is 2. The molecule has 0 saturated carbocycles. The molecule has 0 unspecified atom stereocenters. The molecule has 1 aromatic rings. The Morgan fingerprint density at radius 1 is 1.25 bits per heavy atom. The molecular formula is C14H17F2N3O. The fourth-order valence-electron chi connectivity index (χ4n) is 1.88. The summed E-state index contributed by atoms with van der Waals surface area (Å²) in [5.41, 5.74) is -0.392. The van der Waals surface area contributed by atoms with Crippen molar-refractivity contribution >= 4 is 11.6 Å². The molecule has 0 saturated heterocycles. The van der Waals surface area contributed by atoms with Gasteiger partial charge in [-0.15, -0.1) is 0 Å². The highest BCUT2D eigenvalue weighted by molar-refractivity contribution is 5.81. The predicted octanol–water partition coefficient (Wildman–Crippen LogP) is 2.14. The summed E-state index contributed by atoms with van der Waals surface area (Å²) in [4.78, 5) is 14.9. The van der Waals surface area contributed by atoms with Crippen LogP contribution in [0, 0.1) is 23.0 Å². The third-order valence-corrected chi connectivity index (χ3v) is 3.08. The largest absolute Gasteiger partial charge is 0.363 e. The van der Waals surface area contributed by atoms with E-state index in [0.717, 1.165) is 0 Å². The maximum Gasteiger partial charge on any atom is 0.242 e. The second-order valence-corrected chi connectivity index (χ2v) is 4.29. The van der Waals surface area contributed by atoms with Crippen LogP contribution in [0.4, 0.5) is 14.5 Å². The van der Waals surface area contributed by atoms with Gasteiger partial charge in [-0.05, 0) is 26.0 Å². The normalized spacial score (nSPS) is 10.0. The van der Waals surface area contributed by atoms with Crippen molar-refractivity contribution in [1.29, 1.82) is 5.26 Å². The third kappa shape index (κ3) is 3.23. The van der Waals surface area contributed by atoms with Crippen LogP contribution in [0.3, 0.4) is 0 Å². The van der Waals surface area contributed by atoms with Crippen molar-refractivity contribution < 1.29 is 13.6 Å². The van der Waals surface area contributed by atoms with Gasteiger partial charge in [-0.1, -0.05) is 0 Å². The number of nitrogens with zero attached hydrogens (tertiary/aromatic N) is 3. The van der Waals surface area contributed by atoms with Crippen LogP contribution >= 0.6 is 0 Å². The Hall–Kier alpha value is -2.16. The molecule has 1 aromatic carbocycles. The van der Waals surface area contributed by atoms with E-state index in [1.807, 2.05) is 13.8 Å². The van der Waals surface area contributed by atoms with E-state index in [1.165, 1.54) is 24.1 Å². The van der Waals surface area contributed by atoms with E-state index in [9.17, 15) is 13.6 Å². The molecule has 0 bridgehead atoms. The molecule has 0 aliphatic heterocycles. The summed E-state index contributed by atoms with van der Waals surface area (Å²) >= 11 is 0. The SMILES string of the molecule is CCN(CC)C(=O)CN(C)c1ccc(C#N)c(F)c1F. The number of carbonyl (C=O) groups excluding carboxylic acids is 1. The second kappa shape index (κ2) is 6.85. The Balaban J connectivity index is 2.94. The number of anilines is 1. The van der Waals surface area contributed by atoms with Crippen molar-refractivity contribution in [2.24, 2.45) is 0 Å². The molecule has 4 nitrogen and oxygen atoms in total. The van der Waals surface area contributed by atoms with Gasteiger partial charge < -0.3 is 9.80 Å². The first-order chi connectivity index (χ1) is 9.46. The fraction of sp³-hybridized carbons (Fsp3) is 0.429. The minimum absolute atomic E-state index is 0.0398. The highest BCUT2D eigenvalue weighted by Gasteiger charge is 2.19. The number of benzene rings is 1. The van der Waals surface area contributed by atoms with E-state index >= 15 is 0 Å². The Labute approximate surface area is 117 Å². The number of hydrogen-bond donors (Lipinski definition) is 0. The summed E-state index contributed by atoms with van der Waals surface area (Å²) in [6.45, 7) is 4.78. The molecule has 108 valence electrons. The van der Waals surface area contributed by atoms with Crippen LogP contribution in [-0.2, 0) is 4.79 Å². The van der Waals surface area contributed by atoms with Crippen LogP contribution in [0.1, 0.15) is 19.4 Å². The number of amides is 1. The van der Waals surface area contributed by atoms with Crippen molar-refractivity contribution in [3.05, 3.63) is 29.3 Å². The monoisotopic (exact) mass is 281 g/mol. The molecule has 0 aromatic heterocycles. The van der Waals surface area contributed by atoms with Gasteiger partial charge >= 0.3 is 0 Å². The van der Waals surface area contributed by atoms with Crippen LogP contribution in [0.5, 0.6) is 0 Å². The van der Waals surface area contributed by atoms with Crippen molar-refractivity contribution in [2.45, 2.75) is 13.8 Å². The maximum atomic E-state index is 13.8. The average Bonchev–Trinajstić information content (AvgIpc) is 2.42. The number of halogens is 2. The third-order valence-electron chi connectivity index (χ3n) is 3.08. The summed E-state index contributed by atoms with van der Waals surface area (Å²) in [5.74, 6) is -2.47. The Morgan fingerprint density at radius 2 is 1.85 bits per heavy atom. The lowest BCUT2D eigenvalue weighted by molar-refractivity contribution is -0.129. The summed E-state index contributed by atoms with van der Waals surface area (Å²) in [5, 5.41) is 8.62. The standard InChI is InChI=1S/C14H17F2N3O/c1-4-19(5-2)12(20)9-18(3)11-7-6-10(8-17)13(15)14(11)16/h6-7H,4-5,9H2,1-3H3. The first-order valence-electron chi connectivity index (χ1n) is 6.33. The lowest BCUT2D eigenvalue weighted by Gasteiger charge is -2.24. The molecule has 20 heavy (non-hydrogen) atoms. The minimum atomic E-state index is -1.19. The molecular weight excluding hydrogens is 264 g/mol. The van der Waals surface area contributed by atoms with Crippen LogP contribution in [0.2, 0.25) is 0 Å². The Kier molecular flexibility index (Phi) is 5.44. The molecule has 6 heteroatoms. The zero-order valence-corrected chi connectivity index (χ0v) is 11.8. The lowest BCUT2D eigenvalue weighted by atomic mass is 10.2. The van der Waals surface area contributed by atoms with Crippen LogP contribution in [-0.4, -0.2) is 37.5 Å². The van der Waals surface area contributed by atoms with Crippen molar-refractivity contribution in [3.63, 3.8) is 0 Å². The average molecular weight is 281 g/mol. The summed E-state index contributed by atoms with van der Waals surface area (Å²) in [6, 6.07) is 4.07. The molecule has 0 atom stereocenters. The van der Waals surface area contributed by atoms with Gasteiger partial charge in [0.05, 0.1) is 17.8 Å². The quantitative estimate of drug-likeness (QED) is 0.830. The highest BCUT2D eigenvalue weighted by atomic mass is 19.2. The highest BCUT2D eigenvalue weighted by Crippen LogP contribution is 2.23. The van der Waals surface area contributed by atoms with Gasteiger partial charge in [-0.2, -0.15) is 5.26 Å². The van der Waals surface area contributed by atoms with Gasteiger partial charge in [0.25, 0.3) is 0 Å². The van der Waals surface area contributed by atoms with Gasteiger partial charge in [-0.3, -0.25) is 4.79 Å². The van der Waals surface area contributed by atoms with E-state index in [2.05, 4.69) is 0 Å². The van der Waals surface area contributed by atoms with Crippen molar-refractivity contribution in [3.8, 4) is 6.07 Å². The molecule has 1 rings (SSSR count). The number of rotatable bonds is 5. The van der Waals surface area contributed by atoms with Crippen LogP contribution in [0.15, 0.2) is 12.1 Å². The molecule has 0 aliphatic carbocycles. The van der Waals surface area contributed by atoms with Gasteiger partial charge in [0.1, 0.15) is 6.07 Å². The molecule has 0 aliphatic rings. The maximum absolute atomic E-state index is 13.8. The minimum Gasteiger partial charge on any atom is -0.363 e. The molecule has 0 heterocycles. The molecule has 0 radical (unpaired) electrons. The molecule has 1 amide bonds. The van der Waals surface area contributed by atoms with E-state index in [4.69, 9.17) is 5.26 Å².